The van der Waals surface area contributed by atoms with Gasteiger partial charge in [0, 0.05) is 18.6 Å². The highest BCUT2D eigenvalue weighted by atomic mass is 16.4. The van der Waals surface area contributed by atoms with Crippen LogP contribution in [-0.4, -0.2) is 47.7 Å². The summed E-state index contributed by atoms with van der Waals surface area (Å²) in [5.41, 5.74) is 5.59. The van der Waals surface area contributed by atoms with E-state index in [-0.39, 0.29) is 11.9 Å². The maximum Gasteiger partial charge on any atom is 0.156 e. The van der Waals surface area contributed by atoms with Gasteiger partial charge in [-0.05, 0) is 33.2 Å². The molecule has 1 aliphatic carbocycles. The number of amidine groups is 1. The minimum atomic E-state index is -0.0277. The lowest BCUT2D eigenvalue weighted by molar-refractivity contribution is 0.238. The number of likely N-dealkylation sites (N-methyl/N-ethyl adjacent to an activating group) is 1. The normalized spacial score (nSPS) is 21.1. The number of rotatable bonds is 7. The Balaban J connectivity index is 2.30. The smallest absolute Gasteiger partial charge is 0.156 e. The summed E-state index contributed by atoms with van der Waals surface area (Å²) >= 11 is 0. The van der Waals surface area contributed by atoms with Crippen LogP contribution in [0.1, 0.15) is 33.1 Å². The molecule has 0 bridgehead atoms. The van der Waals surface area contributed by atoms with Crippen molar-refractivity contribution >= 4 is 5.84 Å². The van der Waals surface area contributed by atoms with Gasteiger partial charge in [-0.15, -0.1) is 0 Å². The van der Waals surface area contributed by atoms with Crippen LogP contribution in [-0.2, 0) is 0 Å². The molecule has 1 saturated carbocycles. The van der Waals surface area contributed by atoms with Crippen LogP contribution in [0.2, 0.25) is 0 Å². The molecule has 1 rings (SSSR count). The van der Waals surface area contributed by atoms with Gasteiger partial charge < -0.3 is 16.3 Å². The van der Waals surface area contributed by atoms with Gasteiger partial charge in [-0.2, -0.15) is 0 Å². The molecule has 1 aliphatic rings. The molecule has 5 nitrogen and oxygen atoms in total. The van der Waals surface area contributed by atoms with E-state index in [2.05, 4.69) is 29.3 Å². The van der Waals surface area contributed by atoms with Crippen LogP contribution in [0.4, 0.5) is 0 Å². The van der Waals surface area contributed by atoms with E-state index in [1.807, 2.05) is 6.92 Å². The summed E-state index contributed by atoms with van der Waals surface area (Å²) in [6, 6.07) is 1.22. The van der Waals surface area contributed by atoms with Crippen LogP contribution in [0, 0.1) is 0 Å². The monoisotopic (exact) mass is 228 g/mol. The van der Waals surface area contributed by atoms with Gasteiger partial charge in [0.15, 0.2) is 5.84 Å². The molecule has 2 unspecified atom stereocenters. The first-order valence-corrected chi connectivity index (χ1v) is 6.02. The van der Waals surface area contributed by atoms with Crippen molar-refractivity contribution in [1.29, 1.82) is 0 Å². The SMILES string of the molecule is CCC(NCC(C)N(C)C1CC1)C(N)=NO. The maximum absolute atomic E-state index is 8.62. The maximum atomic E-state index is 8.62. The summed E-state index contributed by atoms with van der Waals surface area (Å²) in [5.74, 6) is 0.267. The van der Waals surface area contributed by atoms with Crippen molar-refractivity contribution in [1.82, 2.24) is 10.2 Å². The molecule has 0 saturated heterocycles. The Morgan fingerprint density at radius 3 is 2.69 bits per heavy atom. The third-order valence-electron chi connectivity index (χ3n) is 3.36. The van der Waals surface area contributed by atoms with Crippen molar-refractivity contribution in [2.75, 3.05) is 13.6 Å². The molecule has 0 radical (unpaired) electrons. The average Bonchev–Trinajstić information content (AvgIpc) is 3.11. The fourth-order valence-corrected chi connectivity index (χ4v) is 1.83. The van der Waals surface area contributed by atoms with Gasteiger partial charge in [-0.1, -0.05) is 12.1 Å². The third kappa shape index (κ3) is 3.64. The molecule has 0 spiro atoms. The summed E-state index contributed by atoms with van der Waals surface area (Å²) in [4.78, 5) is 2.39. The molecule has 0 aromatic rings. The number of oxime groups is 1. The lowest BCUT2D eigenvalue weighted by atomic mass is 10.2. The molecule has 0 aromatic carbocycles. The Morgan fingerprint density at radius 2 is 2.25 bits per heavy atom. The molecular formula is C11H24N4O. The molecule has 2 atom stereocenters. The summed E-state index contributed by atoms with van der Waals surface area (Å²) < 4.78 is 0. The largest absolute Gasteiger partial charge is 0.409 e. The predicted octanol–water partition coefficient (Wildman–Crippen LogP) is 0.584. The number of nitrogens with one attached hydrogen (secondary N) is 1. The van der Waals surface area contributed by atoms with E-state index in [4.69, 9.17) is 10.9 Å². The van der Waals surface area contributed by atoms with Crippen LogP contribution >= 0.6 is 0 Å². The van der Waals surface area contributed by atoms with E-state index in [1.54, 1.807) is 0 Å². The van der Waals surface area contributed by atoms with Gasteiger partial charge in [-0.3, -0.25) is 4.90 Å². The van der Waals surface area contributed by atoms with Crippen LogP contribution in [0.3, 0.4) is 0 Å². The Bertz CT molecular complexity index is 240. The van der Waals surface area contributed by atoms with Gasteiger partial charge in [0.25, 0.3) is 0 Å². The zero-order valence-corrected chi connectivity index (χ0v) is 10.5. The van der Waals surface area contributed by atoms with Crippen molar-refractivity contribution < 1.29 is 5.21 Å². The topological polar surface area (TPSA) is 73.9 Å². The molecule has 0 aliphatic heterocycles. The highest BCUT2D eigenvalue weighted by Crippen LogP contribution is 2.26. The van der Waals surface area contributed by atoms with Gasteiger partial charge in [0.1, 0.15) is 0 Å². The quantitative estimate of drug-likeness (QED) is 0.258. The summed E-state index contributed by atoms with van der Waals surface area (Å²) in [5, 5.41) is 15.0. The second-order valence-electron chi connectivity index (χ2n) is 4.64. The lowest BCUT2D eigenvalue weighted by Crippen LogP contribution is -2.47. The first-order chi connectivity index (χ1) is 7.60. The molecule has 16 heavy (non-hydrogen) atoms. The molecule has 4 N–H and O–H groups in total. The van der Waals surface area contributed by atoms with E-state index in [0.717, 1.165) is 19.0 Å². The van der Waals surface area contributed by atoms with E-state index in [1.165, 1.54) is 12.8 Å². The van der Waals surface area contributed by atoms with Crippen molar-refractivity contribution in [3.05, 3.63) is 0 Å². The second-order valence-corrected chi connectivity index (χ2v) is 4.64. The Hall–Kier alpha value is -0.810. The predicted molar refractivity (Wildman–Crippen MR) is 65.7 cm³/mol. The molecule has 0 aromatic heterocycles. The highest BCUT2D eigenvalue weighted by molar-refractivity contribution is 5.85. The van der Waals surface area contributed by atoms with E-state index in [0.29, 0.717) is 6.04 Å². The van der Waals surface area contributed by atoms with Crippen molar-refractivity contribution in [2.45, 2.75) is 51.2 Å². The highest BCUT2D eigenvalue weighted by Gasteiger charge is 2.29. The number of hydrogen-bond donors (Lipinski definition) is 3. The van der Waals surface area contributed by atoms with Crippen molar-refractivity contribution in [3.63, 3.8) is 0 Å². The Morgan fingerprint density at radius 1 is 1.62 bits per heavy atom. The lowest BCUT2D eigenvalue weighted by Gasteiger charge is -2.26. The molecular weight excluding hydrogens is 204 g/mol. The Labute approximate surface area is 97.7 Å². The fourth-order valence-electron chi connectivity index (χ4n) is 1.83. The zero-order valence-electron chi connectivity index (χ0n) is 10.5. The minimum Gasteiger partial charge on any atom is -0.409 e. The molecule has 94 valence electrons. The van der Waals surface area contributed by atoms with E-state index in [9.17, 15) is 0 Å². The average molecular weight is 228 g/mol. The molecule has 0 amide bonds. The molecule has 5 heteroatoms. The van der Waals surface area contributed by atoms with E-state index >= 15 is 0 Å². The first-order valence-electron chi connectivity index (χ1n) is 6.02. The first kappa shape index (κ1) is 13.3. The number of hydrogen-bond acceptors (Lipinski definition) is 4. The van der Waals surface area contributed by atoms with E-state index < -0.39 is 0 Å². The minimum absolute atomic E-state index is 0.0277. The third-order valence-corrected chi connectivity index (χ3v) is 3.36. The fraction of sp³-hybridized carbons (Fsp3) is 0.909. The van der Waals surface area contributed by atoms with Gasteiger partial charge in [-0.25, -0.2) is 0 Å². The Kier molecular flexibility index (Phi) is 5.02. The standard InChI is InChI=1S/C11H24N4O/c1-4-10(11(12)14-16)13-7-8(2)15(3)9-5-6-9/h8-10,13,16H,4-7H2,1-3H3,(H2,12,14). The second kappa shape index (κ2) is 6.06. The van der Waals surface area contributed by atoms with Crippen LogP contribution < -0.4 is 11.1 Å². The summed E-state index contributed by atoms with van der Waals surface area (Å²) in [7, 11) is 2.16. The number of nitrogens with two attached hydrogens (primary N) is 1. The van der Waals surface area contributed by atoms with Crippen molar-refractivity contribution in [3.8, 4) is 0 Å². The van der Waals surface area contributed by atoms with Crippen LogP contribution in [0.15, 0.2) is 5.16 Å². The van der Waals surface area contributed by atoms with Crippen molar-refractivity contribution in [2.24, 2.45) is 10.9 Å². The zero-order chi connectivity index (χ0) is 12.1. The molecule has 1 fully saturated rings. The van der Waals surface area contributed by atoms with Gasteiger partial charge in [0.05, 0.1) is 6.04 Å². The molecule has 0 heterocycles. The van der Waals surface area contributed by atoms with Gasteiger partial charge >= 0.3 is 0 Å². The van der Waals surface area contributed by atoms with Crippen LogP contribution in [0.25, 0.3) is 0 Å². The number of nitrogens with zero attached hydrogens (tertiary/aromatic N) is 2. The summed E-state index contributed by atoms with van der Waals surface area (Å²) in [6.45, 7) is 5.08. The summed E-state index contributed by atoms with van der Waals surface area (Å²) in [6.07, 6.45) is 3.46. The van der Waals surface area contributed by atoms with Gasteiger partial charge in [0.2, 0.25) is 0 Å². The van der Waals surface area contributed by atoms with Crippen LogP contribution in [0.5, 0.6) is 0 Å².